The molecule has 1 N–H and O–H groups in total. The molecule has 6 heteroatoms. The molecule has 2 amide bonds. The van der Waals surface area contributed by atoms with Crippen LogP contribution in [0.4, 0.5) is 5.82 Å². The fourth-order valence-corrected chi connectivity index (χ4v) is 7.22. The van der Waals surface area contributed by atoms with E-state index in [1.54, 1.807) is 5.57 Å². The number of amides is 2. The van der Waals surface area contributed by atoms with E-state index in [4.69, 9.17) is 0 Å². The van der Waals surface area contributed by atoms with Crippen LogP contribution in [0.2, 0.25) is 0 Å². The molecule has 4 aliphatic carbocycles. The number of carbonyl (C=O) groups excluding carboxylic acids is 2. The van der Waals surface area contributed by atoms with Crippen LogP contribution in [-0.4, -0.2) is 33.2 Å². The third-order valence-electron chi connectivity index (χ3n) is 7.80. The maximum absolute atomic E-state index is 13.2. The van der Waals surface area contributed by atoms with E-state index in [1.165, 1.54) is 25.6 Å². The third-order valence-corrected chi connectivity index (χ3v) is 7.80. The number of fused-ring (bicyclic) bond motifs is 1. The van der Waals surface area contributed by atoms with Crippen molar-refractivity contribution >= 4 is 17.6 Å². The van der Waals surface area contributed by atoms with Crippen molar-refractivity contribution in [3.8, 4) is 0 Å². The maximum atomic E-state index is 13.2. The highest BCUT2D eigenvalue weighted by Gasteiger charge is 2.52. The molecule has 0 saturated heterocycles. The molecule has 2 saturated carbocycles. The molecule has 32 heavy (non-hydrogen) atoms. The second-order valence-electron chi connectivity index (χ2n) is 12.5. The number of aromatic nitrogens is 2. The van der Waals surface area contributed by atoms with E-state index >= 15 is 0 Å². The van der Waals surface area contributed by atoms with Gasteiger partial charge in [-0.25, -0.2) is 9.97 Å². The van der Waals surface area contributed by atoms with Crippen LogP contribution in [0.1, 0.15) is 83.9 Å². The summed E-state index contributed by atoms with van der Waals surface area (Å²) in [4.78, 5) is 36.6. The monoisotopic (exact) mass is 436 g/mol. The zero-order chi connectivity index (χ0) is 22.7. The van der Waals surface area contributed by atoms with Crippen molar-refractivity contribution in [3.63, 3.8) is 0 Å². The predicted octanol–water partition coefficient (Wildman–Crippen LogP) is 4.65. The van der Waals surface area contributed by atoms with Gasteiger partial charge in [0, 0.05) is 24.9 Å². The summed E-state index contributed by atoms with van der Waals surface area (Å²) in [6, 6.07) is 0. The number of allylic oxidation sites excluding steroid dienone is 2. The van der Waals surface area contributed by atoms with Gasteiger partial charge in [-0.3, -0.25) is 9.59 Å². The Morgan fingerprint density at radius 2 is 2.06 bits per heavy atom. The van der Waals surface area contributed by atoms with Gasteiger partial charge < -0.3 is 10.2 Å². The molecule has 0 aromatic carbocycles. The molecule has 2 heterocycles. The van der Waals surface area contributed by atoms with Crippen LogP contribution >= 0.6 is 0 Å². The molecular weight excluding hydrogens is 400 g/mol. The first-order valence-electron chi connectivity index (χ1n) is 12.1. The van der Waals surface area contributed by atoms with E-state index in [9.17, 15) is 9.59 Å². The molecule has 6 rings (SSSR count). The largest absolute Gasteiger partial charge is 0.336 e. The molecule has 1 aromatic heterocycles. The van der Waals surface area contributed by atoms with E-state index in [0.717, 1.165) is 30.0 Å². The standard InChI is InChI=1S/C26H36N4O2/c1-24(2,3)13-22(32)30-6-5-19-20(14-30)27-16-28-23(19)29-21(31)12-26-10-17-7-18(11-26)9-25(4,8-17)15-26/h8,16,18H,5-7,9-15H2,1-4H3,(H,27,28,29,31). The van der Waals surface area contributed by atoms with Crippen molar-refractivity contribution in [3.05, 3.63) is 29.2 Å². The summed E-state index contributed by atoms with van der Waals surface area (Å²) < 4.78 is 0. The zero-order valence-electron chi connectivity index (χ0n) is 20.0. The van der Waals surface area contributed by atoms with Crippen molar-refractivity contribution in [2.24, 2.45) is 22.2 Å². The summed E-state index contributed by atoms with van der Waals surface area (Å²) in [5.41, 5.74) is 3.79. The first-order chi connectivity index (χ1) is 15.0. The second-order valence-corrected chi connectivity index (χ2v) is 12.5. The highest BCUT2D eigenvalue weighted by molar-refractivity contribution is 5.91. The number of nitrogens with one attached hydrogen (secondary N) is 1. The topological polar surface area (TPSA) is 75.2 Å². The second kappa shape index (κ2) is 7.39. The number of anilines is 1. The molecule has 3 unspecified atom stereocenters. The lowest BCUT2D eigenvalue weighted by Crippen LogP contribution is -2.47. The molecule has 6 nitrogen and oxygen atoms in total. The summed E-state index contributed by atoms with van der Waals surface area (Å²) >= 11 is 0. The van der Waals surface area contributed by atoms with Gasteiger partial charge in [0.15, 0.2) is 0 Å². The quantitative estimate of drug-likeness (QED) is 0.697. The van der Waals surface area contributed by atoms with Crippen molar-refractivity contribution in [1.82, 2.24) is 14.9 Å². The molecule has 172 valence electrons. The molecule has 0 radical (unpaired) electrons. The van der Waals surface area contributed by atoms with Gasteiger partial charge in [0.05, 0.1) is 12.2 Å². The highest BCUT2D eigenvalue weighted by atomic mass is 16.2. The van der Waals surface area contributed by atoms with Gasteiger partial charge >= 0.3 is 0 Å². The Balaban J connectivity index is 1.27. The molecule has 1 aliphatic heterocycles. The molecule has 5 aliphatic rings. The Morgan fingerprint density at radius 3 is 2.78 bits per heavy atom. The summed E-state index contributed by atoms with van der Waals surface area (Å²) in [7, 11) is 0. The number of hydrogen-bond acceptors (Lipinski definition) is 4. The zero-order valence-corrected chi connectivity index (χ0v) is 20.0. The lowest BCUT2D eigenvalue weighted by molar-refractivity contribution is -0.134. The minimum atomic E-state index is -0.0352. The summed E-state index contributed by atoms with van der Waals surface area (Å²) in [6.07, 6.45) is 11.7. The van der Waals surface area contributed by atoms with Crippen molar-refractivity contribution in [2.45, 2.75) is 85.6 Å². The van der Waals surface area contributed by atoms with Crippen LogP contribution in [0.15, 0.2) is 18.0 Å². The molecule has 4 bridgehead atoms. The maximum Gasteiger partial charge on any atom is 0.226 e. The van der Waals surface area contributed by atoms with Crippen LogP contribution in [0.25, 0.3) is 0 Å². The van der Waals surface area contributed by atoms with E-state index in [0.29, 0.717) is 38.2 Å². The van der Waals surface area contributed by atoms with Crippen molar-refractivity contribution < 1.29 is 9.59 Å². The first-order valence-corrected chi connectivity index (χ1v) is 12.1. The number of carbonyl (C=O) groups is 2. The lowest BCUT2D eigenvalue weighted by atomic mass is 9.48. The van der Waals surface area contributed by atoms with Crippen LogP contribution < -0.4 is 5.32 Å². The minimum absolute atomic E-state index is 0.0352. The minimum Gasteiger partial charge on any atom is -0.336 e. The summed E-state index contributed by atoms with van der Waals surface area (Å²) in [6.45, 7) is 9.76. The van der Waals surface area contributed by atoms with Gasteiger partial charge in [0.2, 0.25) is 11.8 Å². The normalized spacial score (nSPS) is 30.7. The van der Waals surface area contributed by atoms with Crippen LogP contribution in [0.3, 0.4) is 0 Å². The van der Waals surface area contributed by atoms with E-state index < -0.39 is 0 Å². The van der Waals surface area contributed by atoms with E-state index in [2.05, 4.69) is 49.1 Å². The van der Waals surface area contributed by atoms with Crippen LogP contribution in [0.5, 0.6) is 0 Å². The number of rotatable bonds is 4. The van der Waals surface area contributed by atoms with Gasteiger partial charge in [0.25, 0.3) is 0 Å². The first kappa shape index (κ1) is 21.6. The van der Waals surface area contributed by atoms with Gasteiger partial charge in [-0.15, -0.1) is 0 Å². The third kappa shape index (κ3) is 4.20. The van der Waals surface area contributed by atoms with Crippen molar-refractivity contribution in [1.29, 1.82) is 0 Å². The molecule has 1 aromatic rings. The summed E-state index contributed by atoms with van der Waals surface area (Å²) in [5.74, 6) is 1.62. The van der Waals surface area contributed by atoms with Gasteiger partial charge in [-0.2, -0.15) is 0 Å². The lowest BCUT2D eigenvalue weighted by Gasteiger charge is -2.57. The van der Waals surface area contributed by atoms with Gasteiger partial charge in [-0.05, 0) is 60.7 Å². The van der Waals surface area contributed by atoms with Gasteiger partial charge in [-0.1, -0.05) is 39.3 Å². The van der Waals surface area contributed by atoms with Crippen LogP contribution in [0, 0.1) is 22.2 Å². The van der Waals surface area contributed by atoms with Crippen molar-refractivity contribution in [2.75, 3.05) is 11.9 Å². The Bertz CT molecular complexity index is 994. The Kier molecular flexibility index (Phi) is 4.99. The average molecular weight is 437 g/mol. The predicted molar refractivity (Wildman–Crippen MR) is 124 cm³/mol. The smallest absolute Gasteiger partial charge is 0.226 e. The van der Waals surface area contributed by atoms with Gasteiger partial charge in [0.1, 0.15) is 12.1 Å². The number of nitrogens with zero attached hydrogens (tertiary/aromatic N) is 3. The molecule has 0 spiro atoms. The Labute approximate surface area is 191 Å². The molecule has 2 fully saturated rings. The molecule has 3 atom stereocenters. The fourth-order valence-electron chi connectivity index (χ4n) is 7.22. The Morgan fingerprint density at radius 1 is 1.25 bits per heavy atom. The SMILES string of the molecule is CC(C)(C)CC(=O)N1CCc2c(ncnc2NC(=O)CC23CC4=CC(C)(CC(C4)C2)C3)C1. The summed E-state index contributed by atoms with van der Waals surface area (Å²) in [5, 5.41) is 3.13. The van der Waals surface area contributed by atoms with Crippen LogP contribution in [-0.2, 0) is 22.6 Å². The van der Waals surface area contributed by atoms with E-state index in [-0.39, 0.29) is 28.1 Å². The average Bonchev–Trinajstić information content (AvgIpc) is 2.64. The fraction of sp³-hybridized carbons (Fsp3) is 0.692. The van der Waals surface area contributed by atoms with E-state index in [1.807, 2.05) is 4.90 Å². The molecular formula is C26H36N4O2. The number of hydrogen-bond donors (Lipinski definition) is 1. The highest BCUT2D eigenvalue weighted by Crippen LogP contribution is 2.63. The Hall–Kier alpha value is -2.24.